The van der Waals surface area contributed by atoms with Gasteiger partial charge in [0.1, 0.15) is 6.17 Å². The molecule has 0 bridgehead atoms. The van der Waals surface area contributed by atoms with E-state index in [0.717, 1.165) is 13.0 Å². The van der Waals surface area contributed by atoms with Crippen LogP contribution in [0.1, 0.15) is 37.6 Å². The Morgan fingerprint density at radius 2 is 2.00 bits per heavy atom. The van der Waals surface area contributed by atoms with Crippen molar-refractivity contribution in [1.82, 2.24) is 10.2 Å². The van der Waals surface area contributed by atoms with Gasteiger partial charge in [0.15, 0.2) is 0 Å². The fourth-order valence-electron chi connectivity index (χ4n) is 2.24. The second kappa shape index (κ2) is 5.53. The van der Waals surface area contributed by atoms with E-state index in [0.29, 0.717) is 12.5 Å². The van der Waals surface area contributed by atoms with Crippen LogP contribution in [0.25, 0.3) is 0 Å². The molecule has 1 heterocycles. The minimum absolute atomic E-state index is 0.0526. The lowest BCUT2D eigenvalue weighted by atomic mass is 10.1. The molecule has 0 aromatic heterocycles. The van der Waals surface area contributed by atoms with Crippen molar-refractivity contribution in [2.45, 2.75) is 33.4 Å². The molecule has 1 aromatic carbocycles. The zero-order chi connectivity index (χ0) is 13.1. The molecule has 1 saturated heterocycles. The maximum Gasteiger partial charge on any atom is 0.238 e. The highest BCUT2D eigenvalue weighted by atomic mass is 16.2. The Morgan fingerprint density at radius 3 is 2.61 bits per heavy atom. The predicted molar refractivity (Wildman–Crippen MR) is 73.1 cm³/mol. The molecule has 1 aromatic rings. The number of benzene rings is 1. The highest BCUT2D eigenvalue weighted by molar-refractivity contribution is 5.80. The molecular weight excluding hydrogens is 224 g/mol. The SMILES string of the molecule is Cc1ccc(C2NCC(=O)N2CCC(C)C)cc1. The molecule has 1 aliphatic rings. The Bertz CT molecular complexity index is 411. The number of aryl methyl sites for hydroxylation is 1. The third-order valence-electron chi connectivity index (χ3n) is 3.42. The summed E-state index contributed by atoms with van der Waals surface area (Å²) in [5, 5.41) is 3.29. The average Bonchev–Trinajstić information content (AvgIpc) is 2.69. The van der Waals surface area contributed by atoms with Crippen molar-refractivity contribution in [1.29, 1.82) is 0 Å². The summed E-state index contributed by atoms with van der Waals surface area (Å²) in [5.41, 5.74) is 2.42. The zero-order valence-electron chi connectivity index (χ0n) is 11.4. The zero-order valence-corrected chi connectivity index (χ0v) is 11.4. The van der Waals surface area contributed by atoms with Crippen LogP contribution < -0.4 is 5.32 Å². The molecule has 1 atom stereocenters. The van der Waals surface area contributed by atoms with E-state index in [1.54, 1.807) is 0 Å². The molecule has 0 aliphatic carbocycles. The maximum atomic E-state index is 11.9. The number of carbonyl (C=O) groups excluding carboxylic acids is 1. The Hall–Kier alpha value is -1.35. The van der Waals surface area contributed by atoms with Crippen LogP contribution in [-0.4, -0.2) is 23.9 Å². The van der Waals surface area contributed by atoms with Crippen molar-refractivity contribution in [3.63, 3.8) is 0 Å². The van der Waals surface area contributed by atoms with Crippen molar-refractivity contribution in [3.05, 3.63) is 35.4 Å². The van der Waals surface area contributed by atoms with Gasteiger partial charge in [0.2, 0.25) is 5.91 Å². The summed E-state index contributed by atoms with van der Waals surface area (Å²) in [5.74, 6) is 0.832. The minimum Gasteiger partial charge on any atom is -0.322 e. The Balaban J connectivity index is 2.10. The van der Waals surface area contributed by atoms with E-state index < -0.39 is 0 Å². The van der Waals surface area contributed by atoms with E-state index in [9.17, 15) is 4.79 Å². The largest absolute Gasteiger partial charge is 0.322 e. The maximum absolute atomic E-state index is 11.9. The summed E-state index contributed by atoms with van der Waals surface area (Å²) < 4.78 is 0. The van der Waals surface area contributed by atoms with Crippen molar-refractivity contribution in [3.8, 4) is 0 Å². The molecule has 1 unspecified atom stereocenters. The van der Waals surface area contributed by atoms with Gasteiger partial charge in [-0.2, -0.15) is 0 Å². The van der Waals surface area contributed by atoms with Crippen LogP contribution >= 0.6 is 0 Å². The summed E-state index contributed by atoms with van der Waals surface area (Å²) in [6, 6.07) is 8.41. The molecule has 0 spiro atoms. The fourth-order valence-corrected chi connectivity index (χ4v) is 2.24. The van der Waals surface area contributed by atoms with Gasteiger partial charge in [0, 0.05) is 6.54 Å². The van der Waals surface area contributed by atoms with Gasteiger partial charge in [0.25, 0.3) is 0 Å². The highest BCUT2D eigenvalue weighted by Gasteiger charge is 2.30. The van der Waals surface area contributed by atoms with Crippen molar-refractivity contribution in [2.75, 3.05) is 13.1 Å². The normalized spacial score (nSPS) is 19.9. The summed E-state index contributed by atoms with van der Waals surface area (Å²) in [7, 11) is 0. The van der Waals surface area contributed by atoms with Gasteiger partial charge >= 0.3 is 0 Å². The monoisotopic (exact) mass is 246 g/mol. The van der Waals surface area contributed by atoms with Crippen LogP contribution in [0.15, 0.2) is 24.3 Å². The van der Waals surface area contributed by atoms with E-state index in [1.165, 1.54) is 11.1 Å². The van der Waals surface area contributed by atoms with E-state index in [1.807, 2.05) is 4.90 Å². The third kappa shape index (κ3) is 2.91. The van der Waals surface area contributed by atoms with Crippen molar-refractivity contribution < 1.29 is 4.79 Å². The fraction of sp³-hybridized carbons (Fsp3) is 0.533. The van der Waals surface area contributed by atoms with Gasteiger partial charge in [-0.1, -0.05) is 43.7 Å². The van der Waals surface area contributed by atoms with E-state index in [-0.39, 0.29) is 12.1 Å². The molecule has 1 N–H and O–H groups in total. The number of amides is 1. The molecule has 1 amide bonds. The molecule has 1 fully saturated rings. The smallest absolute Gasteiger partial charge is 0.238 e. The Labute approximate surface area is 109 Å². The second-order valence-electron chi connectivity index (χ2n) is 5.46. The molecule has 0 radical (unpaired) electrons. The van der Waals surface area contributed by atoms with Gasteiger partial charge in [0.05, 0.1) is 6.54 Å². The van der Waals surface area contributed by atoms with E-state index in [4.69, 9.17) is 0 Å². The number of nitrogens with zero attached hydrogens (tertiary/aromatic N) is 1. The van der Waals surface area contributed by atoms with Gasteiger partial charge in [-0.15, -0.1) is 0 Å². The van der Waals surface area contributed by atoms with Crippen LogP contribution in [0.2, 0.25) is 0 Å². The van der Waals surface area contributed by atoms with Gasteiger partial charge < -0.3 is 4.90 Å². The first-order chi connectivity index (χ1) is 8.58. The van der Waals surface area contributed by atoms with Crippen molar-refractivity contribution >= 4 is 5.91 Å². The first kappa shape index (κ1) is 13.1. The molecule has 3 heteroatoms. The molecule has 1 aliphatic heterocycles. The van der Waals surface area contributed by atoms with Crippen molar-refractivity contribution in [2.24, 2.45) is 5.92 Å². The summed E-state index contributed by atoms with van der Waals surface area (Å²) in [6.07, 6.45) is 1.10. The minimum atomic E-state index is 0.0526. The number of rotatable bonds is 4. The third-order valence-corrected chi connectivity index (χ3v) is 3.42. The first-order valence-electron chi connectivity index (χ1n) is 6.67. The number of nitrogens with one attached hydrogen (secondary N) is 1. The molecule has 3 nitrogen and oxygen atoms in total. The first-order valence-corrected chi connectivity index (χ1v) is 6.67. The lowest BCUT2D eigenvalue weighted by molar-refractivity contribution is -0.128. The van der Waals surface area contributed by atoms with E-state index >= 15 is 0 Å². The summed E-state index contributed by atoms with van der Waals surface area (Å²) >= 11 is 0. The van der Waals surface area contributed by atoms with Crippen LogP contribution in [0.4, 0.5) is 0 Å². The van der Waals surface area contributed by atoms with Crippen LogP contribution in [0.3, 0.4) is 0 Å². The summed E-state index contributed by atoms with van der Waals surface area (Å²) in [6.45, 7) is 7.75. The molecule has 2 rings (SSSR count). The Morgan fingerprint density at radius 1 is 1.33 bits per heavy atom. The predicted octanol–water partition coefficient (Wildman–Crippen LogP) is 2.47. The Kier molecular flexibility index (Phi) is 4.02. The summed E-state index contributed by atoms with van der Waals surface area (Å²) in [4.78, 5) is 13.9. The van der Waals surface area contributed by atoms with Gasteiger partial charge in [-0.05, 0) is 24.8 Å². The van der Waals surface area contributed by atoms with Gasteiger partial charge in [-0.25, -0.2) is 0 Å². The highest BCUT2D eigenvalue weighted by Crippen LogP contribution is 2.23. The van der Waals surface area contributed by atoms with Crippen LogP contribution in [-0.2, 0) is 4.79 Å². The number of hydrogen-bond donors (Lipinski definition) is 1. The van der Waals surface area contributed by atoms with E-state index in [2.05, 4.69) is 50.4 Å². The molecular formula is C15H22N2O. The van der Waals surface area contributed by atoms with Crippen LogP contribution in [0, 0.1) is 12.8 Å². The molecule has 0 saturated carbocycles. The lowest BCUT2D eigenvalue weighted by Gasteiger charge is -2.25. The van der Waals surface area contributed by atoms with Crippen LogP contribution in [0.5, 0.6) is 0 Å². The average molecular weight is 246 g/mol. The second-order valence-corrected chi connectivity index (χ2v) is 5.46. The number of hydrogen-bond acceptors (Lipinski definition) is 2. The lowest BCUT2D eigenvalue weighted by Crippen LogP contribution is -2.31. The van der Waals surface area contributed by atoms with Gasteiger partial charge in [-0.3, -0.25) is 10.1 Å². The number of carbonyl (C=O) groups is 1. The molecule has 18 heavy (non-hydrogen) atoms. The molecule has 98 valence electrons. The quantitative estimate of drug-likeness (QED) is 0.885. The standard InChI is InChI=1S/C15H22N2O/c1-11(2)8-9-17-14(18)10-16-15(17)13-6-4-12(3)5-7-13/h4-7,11,15-16H,8-10H2,1-3H3. The topological polar surface area (TPSA) is 32.3 Å².